The van der Waals surface area contributed by atoms with Crippen LogP contribution in [-0.2, 0) is 4.79 Å². The summed E-state index contributed by atoms with van der Waals surface area (Å²) in [7, 11) is 5.94. The van der Waals surface area contributed by atoms with Crippen molar-refractivity contribution >= 4 is 29.8 Å². The Kier molecular flexibility index (Phi) is 8.51. The molecular formula is C27H25F2NO6. The highest BCUT2D eigenvalue weighted by Crippen LogP contribution is 2.39. The molecule has 1 amide bonds. The predicted octanol–water partition coefficient (Wildman–Crippen LogP) is 5.53. The molecule has 0 saturated carbocycles. The van der Waals surface area contributed by atoms with Crippen molar-refractivity contribution in [1.82, 2.24) is 0 Å². The quantitative estimate of drug-likeness (QED) is 0.230. The molecule has 0 heterocycles. The molecule has 0 radical (unpaired) electrons. The smallest absolute Gasteiger partial charge is 0.248 e. The lowest BCUT2D eigenvalue weighted by molar-refractivity contribution is -0.111. The number of benzene rings is 3. The second-order valence-corrected chi connectivity index (χ2v) is 7.41. The van der Waals surface area contributed by atoms with E-state index in [1.165, 1.54) is 40.6 Å². The molecule has 0 aliphatic rings. The molecule has 0 aromatic heterocycles. The average molecular weight is 497 g/mol. The molecule has 0 aliphatic heterocycles. The molecule has 0 bridgehead atoms. The van der Waals surface area contributed by atoms with Crippen LogP contribution in [0.3, 0.4) is 0 Å². The van der Waals surface area contributed by atoms with Gasteiger partial charge in [0.2, 0.25) is 11.7 Å². The molecule has 3 aromatic carbocycles. The van der Waals surface area contributed by atoms with E-state index in [2.05, 4.69) is 5.32 Å². The van der Waals surface area contributed by atoms with Crippen molar-refractivity contribution in [2.75, 3.05) is 33.8 Å². The van der Waals surface area contributed by atoms with Crippen molar-refractivity contribution in [3.8, 4) is 28.7 Å². The Morgan fingerprint density at radius 3 is 1.89 bits per heavy atom. The van der Waals surface area contributed by atoms with E-state index in [4.69, 9.17) is 18.9 Å². The molecule has 3 rings (SSSR count). The van der Waals surface area contributed by atoms with Gasteiger partial charge in [-0.1, -0.05) is 18.2 Å². The van der Waals surface area contributed by atoms with Gasteiger partial charge in [0.15, 0.2) is 34.6 Å². The van der Waals surface area contributed by atoms with Gasteiger partial charge in [-0.15, -0.1) is 0 Å². The van der Waals surface area contributed by atoms with Crippen molar-refractivity contribution in [3.63, 3.8) is 0 Å². The minimum absolute atomic E-state index is 0.0961. The summed E-state index contributed by atoms with van der Waals surface area (Å²) < 4.78 is 47.7. The summed E-state index contributed by atoms with van der Waals surface area (Å²) in [6.45, 7) is 0. The molecule has 2 N–H and O–H groups in total. The van der Waals surface area contributed by atoms with Crippen LogP contribution in [0.5, 0.6) is 28.7 Å². The normalized spacial score (nSPS) is 11.1. The molecular weight excluding hydrogens is 472 g/mol. The molecule has 0 spiro atoms. The minimum Gasteiger partial charge on any atom is -0.503 e. The second kappa shape index (κ2) is 11.7. The van der Waals surface area contributed by atoms with E-state index >= 15 is 0 Å². The lowest BCUT2D eigenvalue weighted by Gasteiger charge is -2.13. The third kappa shape index (κ3) is 6.12. The van der Waals surface area contributed by atoms with E-state index in [0.717, 1.165) is 23.8 Å². The minimum atomic E-state index is -1.02. The van der Waals surface area contributed by atoms with E-state index in [1.807, 2.05) is 0 Å². The van der Waals surface area contributed by atoms with Gasteiger partial charge < -0.3 is 29.4 Å². The molecule has 3 aromatic rings. The fourth-order valence-corrected chi connectivity index (χ4v) is 3.33. The van der Waals surface area contributed by atoms with Crippen LogP contribution in [0.25, 0.3) is 18.2 Å². The van der Waals surface area contributed by atoms with Crippen molar-refractivity contribution in [2.24, 2.45) is 0 Å². The van der Waals surface area contributed by atoms with Gasteiger partial charge >= 0.3 is 0 Å². The number of ether oxygens (including phenoxy) is 4. The molecule has 188 valence electrons. The molecule has 0 atom stereocenters. The summed E-state index contributed by atoms with van der Waals surface area (Å²) in [6, 6.07) is 9.94. The first kappa shape index (κ1) is 26.1. The van der Waals surface area contributed by atoms with Crippen molar-refractivity contribution in [2.45, 2.75) is 0 Å². The topological polar surface area (TPSA) is 86.3 Å². The first-order valence-electron chi connectivity index (χ1n) is 10.6. The van der Waals surface area contributed by atoms with Gasteiger partial charge in [-0.2, -0.15) is 0 Å². The Hall–Kier alpha value is -4.53. The maximum absolute atomic E-state index is 13.4. The summed E-state index contributed by atoms with van der Waals surface area (Å²) in [5.41, 5.74) is 1.75. The first-order valence-corrected chi connectivity index (χ1v) is 10.6. The Morgan fingerprint density at radius 2 is 1.33 bits per heavy atom. The number of carbonyl (C=O) groups excluding carboxylic acids is 1. The number of hydrogen-bond acceptors (Lipinski definition) is 6. The Labute approximate surface area is 207 Å². The summed E-state index contributed by atoms with van der Waals surface area (Å²) >= 11 is 0. The van der Waals surface area contributed by atoms with Crippen molar-refractivity contribution in [1.29, 1.82) is 0 Å². The SMILES string of the molecule is COc1cc(/C=C/c2cc(OC)c(OC)c(OC)c2)cc(NC(=O)/C=C/c2ccc(F)c(F)c2)c1O. The number of carbonyl (C=O) groups is 1. The van der Waals surface area contributed by atoms with Gasteiger partial charge in [0.1, 0.15) is 0 Å². The maximum Gasteiger partial charge on any atom is 0.248 e. The number of methoxy groups -OCH3 is 4. The van der Waals surface area contributed by atoms with Crippen LogP contribution in [0.1, 0.15) is 16.7 Å². The summed E-state index contributed by atoms with van der Waals surface area (Å²) in [6.07, 6.45) is 5.98. The van der Waals surface area contributed by atoms with E-state index in [1.54, 1.807) is 36.4 Å². The molecule has 0 saturated heterocycles. The van der Waals surface area contributed by atoms with Crippen LogP contribution in [0.4, 0.5) is 14.5 Å². The number of rotatable bonds is 9. The maximum atomic E-state index is 13.4. The van der Waals surface area contributed by atoms with Crippen LogP contribution >= 0.6 is 0 Å². The largest absolute Gasteiger partial charge is 0.503 e. The lowest BCUT2D eigenvalue weighted by Crippen LogP contribution is -2.08. The van der Waals surface area contributed by atoms with Gasteiger partial charge in [-0.05, 0) is 59.2 Å². The van der Waals surface area contributed by atoms with Gasteiger partial charge in [-0.3, -0.25) is 4.79 Å². The number of anilines is 1. The number of phenolic OH excluding ortho intramolecular Hbond substituents is 1. The standard InChI is InChI=1S/C27H25F2NO6/c1-33-22-13-17(5-6-18-14-23(34-2)27(36-4)24(15-18)35-3)12-21(26(22)32)30-25(31)10-8-16-7-9-19(28)20(29)11-16/h5-15,32H,1-4H3,(H,30,31)/b6-5+,10-8+. The lowest BCUT2D eigenvalue weighted by atomic mass is 10.1. The molecule has 9 heteroatoms. The van der Waals surface area contributed by atoms with Gasteiger partial charge in [-0.25, -0.2) is 8.78 Å². The Bertz CT molecular complexity index is 1290. The predicted molar refractivity (Wildman–Crippen MR) is 134 cm³/mol. The van der Waals surface area contributed by atoms with E-state index in [-0.39, 0.29) is 17.2 Å². The van der Waals surface area contributed by atoms with Gasteiger partial charge in [0, 0.05) is 6.08 Å². The third-order valence-corrected chi connectivity index (χ3v) is 5.10. The second-order valence-electron chi connectivity index (χ2n) is 7.41. The van der Waals surface area contributed by atoms with Crippen molar-refractivity contribution in [3.05, 3.63) is 76.9 Å². The van der Waals surface area contributed by atoms with Crippen LogP contribution in [0, 0.1) is 11.6 Å². The number of hydrogen-bond donors (Lipinski definition) is 2. The fourth-order valence-electron chi connectivity index (χ4n) is 3.33. The fraction of sp³-hybridized carbons (Fsp3) is 0.148. The van der Waals surface area contributed by atoms with E-state index < -0.39 is 17.5 Å². The monoisotopic (exact) mass is 497 g/mol. The van der Waals surface area contributed by atoms with E-state index in [0.29, 0.717) is 28.4 Å². The van der Waals surface area contributed by atoms with Crippen LogP contribution in [0.2, 0.25) is 0 Å². The zero-order valence-electron chi connectivity index (χ0n) is 20.1. The third-order valence-electron chi connectivity index (χ3n) is 5.10. The molecule has 0 aliphatic carbocycles. The first-order chi connectivity index (χ1) is 17.3. The van der Waals surface area contributed by atoms with Crippen LogP contribution in [0.15, 0.2) is 48.5 Å². The number of nitrogens with one attached hydrogen (secondary N) is 1. The summed E-state index contributed by atoms with van der Waals surface area (Å²) in [4.78, 5) is 12.4. The van der Waals surface area contributed by atoms with Gasteiger partial charge in [0.25, 0.3) is 0 Å². The summed E-state index contributed by atoms with van der Waals surface area (Å²) in [5.74, 6) is -1.29. The number of halogens is 2. The highest BCUT2D eigenvalue weighted by Gasteiger charge is 2.14. The average Bonchev–Trinajstić information content (AvgIpc) is 2.88. The zero-order chi connectivity index (χ0) is 26.2. The van der Waals surface area contributed by atoms with Crippen LogP contribution in [-0.4, -0.2) is 39.5 Å². The number of phenols is 1. The highest BCUT2D eigenvalue weighted by atomic mass is 19.2. The number of aromatic hydroxyl groups is 1. The molecule has 36 heavy (non-hydrogen) atoms. The molecule has 0 unspecified atom stereocenters. The van der Waals surface area contributed by atoms with Gasteiger partial charge in [0.05, 0.1) is 34.1 Å². The van der Waals surface area contributed by atoms with Crippen LogP contribution < -0.4 is 24.3 Å². The number of amides is 1. The summed E-state index contributed by atoms with van der Waals surface area (Å²) in [5, 5.41) is 13.0. The molecule has 7 nitrogen and oxygen atoms in total. The Morgan fingerprint density at radius 1 is 0.750 bits per heavy atom. The molecule has 0 fully saturated rings. The highest BCUT2D eigenvalue weighted by molar-refractivity contribution is 6.03. The van der Waals surface area contributed by atoms with E-state index in [9.17, 15) is 18.7 Å². The Balaban J connectivity index is 1.86. The zero-order valence-corrected chi connectivity index (χ0v) is 20.1. The van der Waals surface area contributed by atoms with Crippen molar-refractivity contribution < 1.29 is 37.6 Å².